The summed E-state index contributed by atoms with van der Waals surface area (Å²) >= 11 is 0. The van der Waals surface area contributed by atoms with Gasteiger partial charge in [0.15, 0.2) is 5.78 Å². The topological polar surface area (TPSA) is 29.5 Å². The van der Waals surface area contributed by atoms with Crippen LogP contribution < -0.4 is 0 Å². The SMILES string of the molecule is CC1CN(CC(=O)c2ccc(F)cc2)C(C)CO1. The Kier molecular flexibility index (Phi) is 4.09. The summed E-state index contributed by atoms with van der Waals surface area (Å²) in [5.74, 6) is -0.295. The number of carbonyl (C=O) groups is 1. The van der Waals surface area contributed by atoms with Crippen molar-refractivity contribution >= 4 is 5.78 Å². The number of hydrogen-bond acceptors (Lipinski definition) is 3. The van der Waals surface area contributed by atoms with Crippen LogP contribution in [0.5, 0.6) is 0 Å². The van der Waals surface area contributed by atoms with Crippen LogP contribution in [0.1, 0.15) is 24.2 Å². The fraction of sp³-hybridized carbons (Fsp3) is 0.500. The molecule has 0 aliphatic carbocycles. The quantitative estimate of drug-likeness (QED) is 0.771. The van der Waals surface area contributed by atoms with Crippen molar-refractivity contribution in [2.24, 2.45) is 0 Å². The summed E-state index contributed by atoms with van der Waals surface area (Å²) in [5, 5.41) is 0. The second-order valence-corrected chi connectivity index (χ2v) is 4.85. The maximum Gasteiger partial charge on any atom is 0.176 e. The van der Waals surface area contributed by atoms with Gasteiger partial charge in [-0.3, -0.25) is 9.69 Å². The van der Waals surface area contributed by atoms with E-state index in [1.54, 1.807) is 0 Å². The van der Waals surface area contributed by atoms with Crippen molar-refractivity contribution < 1.29 is 13.9 Å². The molecule has 0 radical (unpaired) electrons. The minimum atomic E-state index is -0.320. The van der Waals surface area contributed by atoms with Gasteiger partial charge in [-0.05, 0) is 38.1 Å². The maximum absolute atomic E-state index is 12.8. The second-order valence-electron chi connectivity index (χ2n) is 4.85. The smallest absolute Gasteiger partial charge is 0.176 e. The molecule has 98 valence electrons. The van der Waals surface area contributed by atoms with E-state index in [4.69, 9.17) is 4.74 Å². The predicted molar refractivity (Wildman–Crippen MR) is 67.2 cm³/mol. The van der Waals surface area contributed by atoms with Gasteiger partial charge in [0.1, 0.15) is 5.82 Å². The summed E-state index contributed by atoms with van der Waals surface area (Å²) in [6.45, 7) is 5.82. The largest absolute Gasteiger partial charge is 0.376 e. The molecule has 0 aromatic heterocycles. The van der Waals surface area contributed by atoms with E-state index in [1.807, 2.05) is 13.8 Å². The average molecular weight is 251 g/mol. The van der Waals surface area contributed by atoms with E-state index in [-0.39, 0.29) is 23.7 Å². The molecule has 1 aliphatic heterocycles. The average Bonchev–Trinajstić information content (AvgIpc) is 2.34. The lowest BCUT2D eigenvalue weighted by molar-refractivity contribution is -0.0460. The molecule has 18 heavy (non-hydrogen) atoms. The third-order valence-corrected chi connectivity index (χ3v) is 3.25. The van der Waals surface area contributed by atoms with Gasteiger partial charge in [-0.2, -0.15) is 0 Å². The predicted octanol–water partition coefficient (Wildman–Crippen LogP) is 2.12. The van der Waals surface area contributed by atoms with Gasteiger partial charge >= 0.3 is 0 Å². The Balaban J connectivity index is 2.00. The molecule has 0 amide bonds. The molecule has 3 nitrogen and oxygen atoms in total. The highest BCUT2D eigenvalue weighted by Gasteiger charge is 2.25. The van der Waals surface area contributed by atoms with Gasteiger partial charge < -0.3 is 4.74 Å². The summed E-state index contributed by atoms with van der Waals surface area (Å²) in [4.78, 5) is 14.2. The number of morpholine rings is 1. The molecular formula is C14H18FNO2. The van der Waals surface area contributed by atoms with E-state index in [0.29, 0.717) is 18.7 Å². The fourth-order valence-corrected chi connectivity index (χ4v) is 2.10. The summed E-state index contributed by atoms with van der Waals surface area (Å²) in [7, 11) is 0. The first-order chi connectivity index (χ1) is 8.56. The molecule has 1 heterocycles. The first kappa shape index (κ1) is 13.2. The molecule has 0 bridgehead atoms. The Hall–Kier alpha value is -1.26. The molecule has 1 fully saturated rings. The molecule has 1 saturated heterocycles. The number of benzene rings is 1. The van der Waals surface area contributed by atoms with Crippen molar-refractivity contribution in [3.05, 3.63) is 35.6 Å². The zero-order chi connectivity index (χ0) is 13.1. The minimum Gasteiger partial charge on any atom is -0.376 e. The van der Waals surface area contributed by atoms with Crippen molar-refractivity contribution in [2.45, 2.75) is 26.0 Å². The molecule has 1 aromatic carbocycles. The number of hydrogen-bond donors (Lipinski definition) is 0. The number of nitrogens with zero attached hydrogens (tertiary/aromatic N) is 1. The Bertz CT molecular complexity index is 418. The molecule has 2 atom stereocenters. The van der Waals surface area contributed by atoms with Gasteiger partial charge in [0, 0.05) is 18.2 Å². The van der Waals surface area contributed by atoms with E-state index < -0.39 is 0 Å². The summed E-state index contributed by atoms with van der Waals surface area (Å²) in [6, 6.07) is 5.95. The van der Waals surface area contributed by atoms with Crippen LogP contribution in [0.3, 0.4) is 0 Å². The van der Waals surface area contributed by atoms with Crippen LogP contribution in [0.15, 0.2) is 24.3 Å². The van der Waals surface area contributed by atoms with Crippen LogP contribution >= 0.6 is 0 Å². The van der Waals surface area contributed by atoms with Crippen LogP contribution in [0.4, 0.5) is 4.39 Å². The van der Waals surface area contributed by atoms with Crippen LogP contribution in [-0.4, -0.2) is 42.5 Å². The molecule has 0 N–H and O–H groups in total. The summed E-state index contributed by atoms with van der Waals surface area (Å²) in [5.41, 5.74) is 0.558. The number of carbonyl (C=O) groups excluding carboxylic acids is 1. The third kappa shape index (κ3) is 3.15. The van der Waals surface area contributed by atoms with Gasteiger partial charge in [-0.1, -0.05) is 0 Å². The second kappa shape index (κ2) is 5.59. The molecule has 4 heteroatoms. The lowest BCUT2D eigenvalue weighted by Crippen LogP contribution is -2.49. The van der Waals surface area contributed by atoms with Crippen LogP contribution in [-0.2, 0) is 4.74 Å². The van der Waals surface area contributed by atoms with Gasteiger partial charge in [0.05, 0.1) is 19.3 Å². The minimum absolute atomic E-state index is 0.0240. The summed E-state index contributed by atoms with van der Waals surface area (Å²) in [6.07, 6.45) is 0.155. The van der Waals surface area contributed by atoms with Gasteiger partial charge in [0.2, 0.25) is 0 Å². The third-order valence-electron chi connectivity index (χ3n) is 3.25. The van der Waals surface area contributed by atoms with Crippen LogP contribution in [0.2, 0.25) is 0 Å². The Morgan fingerprint density at radius 2 is 2.06 bits per heavy atom. The van der Waals surface area contributed by atoms with Gasteiger partial charge in [-0.15, -0.1) is 0 Å². The van der Waals surface area contributed by atoms with E-state index >= 15 is 0 Å². The van der Waals surface area contributed by atoms with Crippen molar-refractivity contribution in [2.75, 3.05) is 19.7 Å². The van der Waals surface area contributed by atoms with E-state index in [1.165, 1.54) is 24.3 Å². The van der Waals surface area contributed by atoms with Crippen molar-refractivity contribution in [1.29, 1.82) is 0 Å². The highest BCUT2D eigenvalue weighted by molar-refractivity contribution is 5.97. The summed E-state index contributed by atoms with van der Waals surface area (Å²) < 4.78 is 18.3. The zero-order valence-corrected chi connectivity index (χ0v) is 10.7. The van der Waals surface area contributed by atoms with Gasteiger partial charge in [-0.25, -0.2) is 4.39 Å². The maximum atomic E-state index is 12.8. The van der Waals surface area contributed by atoms with E-state index in [2.05, 4.69) is 4.90 Å². The lowest BCUT2D eigenvalue weighted by Gasteiger charge is -2.36. The molecule has 1 aliphatic rings. The van der Waals surface area contributed by atoms with Crippen LogP contribution in [0.25, 0.3) is 0 Å². The van der Waals surface area contributed by atoms with Crippen molar-refractivity contribution in [1.82, 2.24) is 4.90 Å². The van der Waals surface area contributed by atoms with Crippen molar-refractivity contribution in [3.8, 4) is 0 Å². The Labute approximate surface area is 107 Å². The van der Waals surface area contributed by atoms with Crippen LogP contribution in [0, 0.1) is 5.82 Å². The fourth-order valence-electron chi connectivity index (χ4n) is 2.10. The van der Waals surface area contributed by atoms with E-state index in [9.17, 15) is 9.18 Å². The van der Waals surface area contributed by atoms with E-state index in [0.717, 1.165) is 6.54 Å². The van der Waals surface area contributed by atoms with Gasteiger partial charge in [0.25, 0.3) is 0 Å². The molecule has 1 aromatic rings. The first-order valence-corrected chi connectivity index (χ1v) is 6.20. The standard InChI is InChI=1S/C14H18FNO2/c1-10-9-18-11(2)7-16(10)8-14(17)12-3-5-13(15)6-4-12/h3-6,10-11H,7-9H2,1-2H3. The number of ketones is 1. The molecular weight excluding hydrogens is 233 g/mol. The Morgan fingerprint density at radius 3 is 2.72 bits per heavy atom. The van der Waals surface area contributed by atoms with Crippen molar-refractivity contribution in [3.63, 3.8) is 0 Å². The normalized spacial score (nSPS) is 25.1. The number of halogens is 1. The highest BCUT2D eigenvalue weighted by Crippen LogP contribution is 2.13. The lowest BCUT2D eigenvalue weighted by atomic mass is 10.1. The zero-order valence-electron chi connectivity index (χ0n) is 10.7. The first-order valence-electron chi connectivity index (χ1n) is 6.20. The molecule has 2 unspecified atom stereocenters. The molecule has 2 rings (SSSR count). The monoisotopic (exact) mass is 251 g/mol. The number of ether oxygens (including phenoxy) is 1. The highest BCUT2D eigenvalue weighted by atomic mass is 19.1. The number of rotatable bonds is 3. The molecule has 0 saturated carbocycles. The Morgan fingerprint density at radius 1 is 1.39 bits per heavy atom. The molecule has 0 spiro atoms. The number of Topliss-reactive ketones (excluding diaryl/α,β-unsaturated/α-hetero) is 1.